The van der Waals surface area contributed by atoms with Crippen molar-refractivity contribution in [2.75, 3.05) is 0 Å². The van der Waals surface area contributed by atoms with E-state index in [4.69, 9.17) is 5.11 Å². The molecule has 1 aliphatic heterocycles. The van der Waals surface area contributed by atoms with Gasteiger partial charge in [0.25, 0.3) is 0 Å². The van der Waals surface area contributed by atoms with Crippen LogP contribution < -0.4 is 0 Å². The van der Waals surface area contributed by atoms with E-state index < -0.39 is 22.8 Å². The summed E-state index contributed by atoms with van der Waals surface area (Å²) in [6, 6.07) is 5.65. The Labute approximate surface area is 89.1 Å². The number of hydrogen-bond acceptors (Lipinski definition) is 3. The van der Waals surface area contributed by atoms with Crippen LogP contribution in [-0.4, -0.2) is 22.2 Å². The maximum Gasteiger partial charge on any atom is 0.321 e. The Morgan fingerprint density at radius 1 is 1.31 bits per heavy atom. The number of carbonyl (C=O) groups excluding carboxylic acids is 1. The third-order valence-electron chi connectivity index (χ3n) is 1.98. The Balaban J connectivity index is 2.32. The van der Waals surface area contributed by atoms with Gasteiger partial charge >= 0.3 is 12.0 Å². The molecule has 82 valence electrons. The number of halogens is 2. The van der Waals surface area contributed by atoms with E-state index in [9.17, 15) is 13.7 Å². The molecule has 1 amide bonds. The van der Waals surface area contributed by atoms with E-state index in [1.54, 1.807) is 0 Å². The topological polar surface area (TPSA) is 52.9 Å². The average Bonchev–Trinajstić information content (AvgIpc) is 2.48. The van der Waals surface area contributed by atoms with Crippen LogP contribution in [0.3, 0.4) is 0 Å². The van der Waals surface area contributed by atoms with Crippen molar-refractivity contribution in [3.8, 4) is 5.75 Å². The molecule has 0 unspecified atom stereocenters. The first-order valence-corrected chi connectivity index (χ1v) is 4.33. The lowest BCUT2D eigenvalue weighted by molar-refractivity contribution is -0.115. The quantitative estimate of drug-likeness (QED) is 0.449. The Hall–Kier alpha value is -2.24. The van der Waals surface area contributed by atoms with Crippen LogP contribution in [0, 0.1) is 0 Å². The number of rotatable bonds is 1. The van der Waals surface area contributed by atoms with Gasteiger partial charge in [-0.25, -0.2) is 0 Å². The van der Waals surface area contributed by atoms with E-state index in [0.29, 0.717) is 5.56 Å². The number of amides is 1. The van der Waals surface area contributed by atoms with Gasteiger partial charge in [-0.15, -0.1) is 5.12 Å². The second-order valence-electron chi connectivity index (χ2n) is 3.09. The lowest BCUT2D eigenvalue weighted by Gasteiger charge is -2.03. The van der Waals surface area contributed by atoms with Crippen LogP contribution in [-0.2, 0) is 4.79 Å². The van der Waals surface area contributed by atoms with Gasteiger partial charge in [-0.1, -0.05) is 16.6 Å². The van der Waals surface area contributed by atoms with Gasteiger partial charge in [0.15, 0.2) is 0 Å². The fourth-order valence-corrected chi connectivity index (χ4v) is 1.22. The molecule has 1 aromatic carbocycles. The lowest BCUT2D eigenvalue weighted by atomic mass is 10.2. The zero-order valence-electron chi connectivity index (χ0n) is 7.89. The van der Waals surface area contributed by atoms with E-state index in [0.717, 1.165) is 6.08 Å². The van der Waals surface area contributed by atoms with E-state index in [2.05, 4.69) is 4.99 Å². The molecule has 4 nitrogen and oxygen atoms in total. The van der Waals surface area contributed by atoms with Crippen LogP contribution in [0.1, 0.15) is 5.56 Å². The fourth-order valence-electron chi connectivity index (χ4n) is 1.22. The average molecular weight is 224 g/mol. The predicted octanol–water partition coefficient (Wildman–Crippen LogP) is 1.79. The van der Waals surface area contributed by atoms with Crippen LogP contribution >= 0.6 is 0 Å². The molecule has 0 aromatic heterocycles. The van der Waals surface area contributed by atoms with Crippen LogP contribution in [0.2, 0.25) is 0 Å². The van der Waals surface area contributed by atoms with Gasteiger partial charge in [0.2, 0.25) is 0 Å². The zero-order valence-corrected chi connectivity index (χ0v) is 7.89. The molecule has 2 rings (SSSR count). The van der Waals surface area contributed by atoms with Crippen LogP contribution in [0.25, 0.3) is 6.08 Å². The predicted molar refractivity (Wildman–Crippen MR) is 52.6 cm³/mol. The first-order chi connectivity index (χ1) is 7.58. The molecule has 1 heterocycles. The van der Waals surface area contributed by atoms with Crippen LogP contribution in [0.15, 0.2) is 35.0 Å². The van der Waals surface area contributed by atoms with Crippen molar-refractivity contribution >= 4 is 18.1 Å². The van der Waals surface area contributed by atoms with Crippen molar-refractivity contribution in [1.82, 2.24) is 5.12 Å². The van der Waals surface area contributed by atoms with Gasteiger partial charge in [-0.2, -0.15) is 9.38 Å². The monoisotopic (exact) mass is 224 g/mol. The number of amidine groups is 1. The van der Waals surface area contributed by atoms with Gasteiger partial charge in [-0.3, -0.25) is 4.79 Å². The first-order valence-electron chi connectivity index (χ1n) is 4.33. The molecule has 1 aliphatic rings. The molecular weight excluding hydrogens is 218 g/mol. The molecule has 6 heteroatoms. The number of benzene rings is 1. The summed E-state index contributed by atoms with van der Waals surface area (Å²) in [5.41, 5.74) is -0.0445. The number of phenols is 1. The highest BCUT2D eigenvalue weighted by Crippen LogP contribution is 2.21. The summed E-state index contributed by atoms with van der Waals surface area (Å²) >= 11 is 0. The molecule has 0 atom stereocenters. The number of phenolic OH excluding ortho intramolecular Hbond substituents is 1. The Bertz CT molecular complexity index is 494. The number of aromatic hydroxyl groups is 1. The van der Waals surface area contributed by atoms with Crippen LogP contribution in [0.5, 0.6) is 5.75 Å². The van der Waals surface area contributed by atoms with Crippen LogP contribution in [0.4, 0.5) is 8.87 Å². The molecule has 1 N–H and O–H groups in total. The Kier molecular flexibility index (Phi) is 2.40. The fraction of sp³-hybridized carbons (Fsp3) is 0. The SMILES string of the molecule is O=C1N=C(F)N(F)C1=Cc1ccc(O)cc1. The third kappa shape index (κ3) is 1.77. The smallest absolute Gasteiger partial charge is 0.321 e. The first kappa shape index (κ1) is 10.3. The van der Waals surface area contributed by atoms with Gasteiger partial charge in [0.05, 0.1) is 0 Å². The highest BCUT2D eigenvalue weighted by molar-refractivity contribution is 6.10. The molecule has 0 aliphatic carbocycles. The summed E-state index contributed by atoms with van der Waals surface area (Å²) in [6.07, 6.45) is -0.340. The van der Waals surface area contributed by atoms with Crippen molar-refractivity contribution < 1.29 is 18.8 Å². The minimum atomic E-state index is -1.48. The van der Waals surface area contributed by atoms with Gasteiger partial charge < -0.3 is 5.11 Å². The second kappa shape index (κ2) is 3.73. The highest BCUT2D eigenvalue weighted by Gasteiger charge is 2.30. The van der Waals surface area contributed by atoms with Gasteiger partial charge in [0, 0.05) is 0 Å². The van der Waals surface area contributed by atoms with Gasteiger partial charge in [0.1, 0.15) is 11.4 Å². The molecule has 0 radical (unpaired) electrons. The van der Waals surface area contributed by atoms with E-state index in [-0.39, 0.29) is 5.75 Å². The van der Waals surface area contributed by atoms with Crippen molar-refractivity contribution in [3.05, 3.63) is 35.5 Å². The Morgan fingerprint density at radius 2 is 1.94 bits per heavy atom. The molecule has 0 spiro atoms. The normalized spacial score (nSPS) is 18.1. The maximum absolute atomic E-state index is 13.0. The molecule has 16 heavy (non-hydrogen) atoms. The van der Waals surface area contributed by atoms with E-state index >= 15 is 0 Å². The second-order valence-corrected chi connectivity index (χ2v) is 3.09. The molecule has 0 bridgehead atoms. The Morgan fingerprint density at radius 3 is 2.44 bits per heavy atom. The lowest BCUT2D eigenvalue weighted by Crippen LogP contribution is -2.13. The third-order valence-corrected chi connectivity index (χ3v) is 1.98. The van der Waals surface area contributed by atoms with E-state index in [1.807, 2.05) is 0 Å². The molecule has 0 saturated carbocycles. The molecule has 1 aromatic rings. The number of carbonyl (C=O) groups is 1. The summed E-state index contributed by atoms with van der Waals surface area (Å²) in [4.78, 5) is 13.8. The van der Waals surface area contributed by atoms with Gasteiger partial charge in [-0.05, 0) is 23.8 Å². The zero-order chi connectivity index (χ0) is 11.7. The summed E-state index contributed by atoms with van der Waals surface area (Å²) in [6.45, 7) is 0. The minimum Gasteiger partial charge on any atom is -0.508 e. The highest BCUT2D eigenvalue weighted by atomic mass is 19.2. The summed E-state index contributed by atoms with van der Waals surface area (Å²) in [7, 11) is 0. The molecule has 0 saturated heterocycles. The summed E-state index contributed by atoms with van der Waals surface area (Å²) in [5, 5.41) is 8.59. The standard InChI is InChI=1S/C10H6F2N2O2/c11-10-13-9(16)8(14(10)12)5-6-1-3-7(15)4-2-6/h1-5,15H. The van der Waals surface area contributed by atoms with Crippen molar-refractivity contribution in [2.24, 2.45) is 4.99 Å². The summed E-state index contributed by atoms with van der Waals surface area (Å²) in [5.74, 6) is -0.937. The summed E-state index contributed by atoms with van der Waals surface area (Å²) < 4.78 is 25.6. The molecule has 0 fully saturated rings. The van der Waals surface area contributed by atoms with Crippen molar-refractivity contribution in [3.63, 3.8) is 0 Å². The molecular formula is C10H6F2N2O2. The van der Waals surface area contributed by atoms with Crippen molar-refractivity contribution in [2.45, 2.75) is 0 Å². The largest absolute Gasteiger partial charge is 0.508 e. The van der Waals surface area contributed by atoms with Crippen molar-refractivity contribution in [1.29, 1.82) is 0 Å². The van der Waals surface area contributed by atoms with E-state index in [1.165, 1.54) is 24.3 Å². The minimum absolute atomic E-state index is 0.0411. The maximum atomic E-state index is 13.0. The number of nitrogens with zero attached hydrogens (tertiary/aromatic N) is 2. The number of hydrogen-bond donors (Lipinski definition) is 1. The number of aliphatic imine (C=N–C) groups is 1.